The lowest BCUT2D eigenvalue weighted by atomic mass is 10.0. The van der Waals surface area contributed by atoms with Gasteiger partial charge in [0, 0.05) is 12.8 Å². The number of ether oxygens (including phenoxy) is 2. The van der Waals surface area contributed by atoms with E-state index in [-0.39, 0.29) is 23.0 Å². The van der Waals surface area contributed by atoms with E-state index in [0.29, 0.717) is 19.4 Å². The zero-order valence-corrected chi connectivity index (χ0v) is 20.9. The fourth-order valence-electron chi connectivity index (χ4n) is 3.34. The summed E-state index contributed by atoms with van der Waals surface area (Å²) in [6.45, 7) is 17.8. The normalized spacial score (nSPS) is 22.6. The summed E-state index contributed by atoms with van der Waals surface area (Å²) in [5.74, 6) is -0.358. The minimum Gasteiger partial charge on any atom is -0.414 e. The van der Waals surface area contributed by atoms with Crippen LogP contribution in [0.25, 0.3) is 0 Å². The lowest BCUT2D eigenvalue weighted by Gasteiger charge is -2.37. The molecule has 0 radical (unpaired) electrons. The number of ketones is 1. The van der Waals surface area contributed by atoms with Gasteiger partial charge < -0.3 is 13.9 Å². The molecule has 0 bridgehead atoms. The molecule has 5 heteroatoms. The minimum absolute atomic E-state index is 0.157. The fraction of sp³-hybridized carbons (Fsp3) is 0.957. The first-order valence-corrected chi connectivity index (χ1v) is 14.3. The highest BCUT2D eigenvalue weighted by atomic mass is 28.4. The van der Waals surface area contributed by atoms with E-state index in [1.165, 1.54) is 32.1 Å². The standard InChI is InChI=1S/C23H46O4Si/c1-9-10-11-12-13-14-15-16-19(24)17-20-21(27-23(5,6)26-20)18-25-28(7,8)22(2,3)4/h20-21H,9-18H2,1-8H3/t20-,21-/m0/s1. The smallest absolute Gasteiger partial charge is 0.192 e. The van der Waals surface area contributed by atoms with Crippen LogP contribution in [0.15, 0.2) is 0 Å². The second kappa shape index (κ2) is 11.2. The van der Waals surface area contributed by atoms with Crippen molar-refractivity contribution in [3.63, 3.8) is 0 Å². The minimum atomic E-state index is -1.85. The van der Waals surface area contributed by atoms with Gasteiger partial charge in [0.05, 0.1) is 12.7 Å². The lowest BCUT2D eigenvalue weighted by molar-refractivity contribution is -0.150. The van der Waals surface area contributed by atoms with Crippen LogP contribution in [0.5, 0.6) is 0 Å². The first kappa shape index (κ1) is 25.8. The number of Topliss-reactive ketones (excluding diaryl/α,β-unsaturated/α-hetero) is 1. The predicted molar refractivity (Wildman–Crippen MR) is 119 cm³/mol. The molecule has 4 nitrogen and oxygen atoms in total. The highest BCUT2D eigenvalue weighted by Gasteiger charge is 2.44. The van der Waals surface area contributed by atoms with Crippen LogP contribution >= 0.6 is 0 Å². The van der Waals surface area contributed by atoms with Crippen molar-refractivity contribution >= 4 is 14.1 Å². The third kappa shape index (κ3) is 9.06. The summed E-state index contributed by atoms with van der Waals surface area (Å²) in [5, 5.41) is 0.157. The summed E-state index contributed by atoms with van der Waals surface area (Å²) in [4.78, 5) is 12.5. The quantitative estimate of drug-likeness (QED) is 0.251. The van der Waals surface area contributed by atoms with Crippen molar-refractivity contribution in [2.24, 2.45) is 0 Å². The fourth-order valence-corrected chi connectivity index (χ4v) is 4.35. The van der Waals surface area contributed by atoms with E-state index in [1.54, 1.807) is 0 Å². The molecule has 0 saturated carbocycles. The number of hydrogen-bond acceptors (Lipinski definition) is 4. The van der Waals surface area contributed by atoms with Crippen molar-refractivity contribution in [3.8, 4) is 0 Å². The Bertz CT molecular complexity index is 468. The summed E-state index contributed by atoms with van der Waals surface area (Å²) in [5.41, 5.74) is 0. The molecule has 166 valence electrons. The zero-order valence-electron chi connectivity index (χ0n) is 19.9. The molecule has 1 saturated heterocycles. The molecule has 0 N–H and O–H groups in total. The van der Waals surface area contributed by atoms with Crippen LogP contribution in [0.4, 0.5) is 0 Å². The average Bonchev–Trinajstić information content (AvgIpc) is 2.84. The molecular weight excluding hydrogens is 368 g/mol. The van der Waals surface area contributed by atoms with Crippen molar-refractivity contribution in [1.29, 1.82) is 0 Å². The van der Waals surface area contributed by atoms with Gasteiger partial charge in [-0.15, -0.1) is 0 Å². The number of carbonyl (C=O) groups excluding carboxylic acids is 1. The van der Waals surface area contributed by atoms with Crippen molar-refractivity contribution in [2.75, 3.05) is 6.61 Å². The molecule has 1 fully saturated rings. The molecule has 0 amide bonds. The van der Waals surface area contributed by atoms with Crippen molar-refractivity contribution in [2.45, 2.75) is 135 Å². The molecule has 0 spiro atoms. The molecule has 28 heavy (non-hydrogen) atoms. The van der Waals surface area contributed by atoms with Crippen molar-refractivity contribution in [1.82, 2.24) is 0 Å². The van der Waals surface area contributed by atoms with E-state index in [0.717, 1.165) is 12.8 Å². The number of rotatable bonds is 13. The maximum atomic E-state index is 12.5. The van der Waals surface area contributed by atoms with E-state index >= 15 is 0 Å². The van der Waals surface area contributed by atoms with Gasteiger partial charge in [-0.25, -0.2) is 0 Å². The topological polar surface area (TPSA) is 44.8 Å². The van der Waals surface area contributed by atoms with E-state index in [4.69, 9.17) is 13.9 Å². The summed E-state index contributed by atoms with van der Waals surface area (Å²) >= 11 is 0. The van der Waals surface area contributed by atoms with Gasteiger partial charge in [0.1, 0.15) is 11.9 Å². The first-order valence-electron chi connectivity index (χ1n) is 11.4. The molecule has 1 aliphatic heterocycles. The maximum Gasteiger partial charge on any atom is 0.192 e. The lowest BCUT2D eigenvalue weighted by Crippen LogP contribution is -2.44. The van der Waals surface area contributed by atoms with Crippen LogP contribution < -0.4 is 0 Å². The van der Waals surface area contributed by atoms with Crippen LogP contribution in [0.3, 0.4) is 0 Å². The van der Waals surface area contributed by atoms with Crippen LogP contribution in [0.2, 0.25) is 18.1 Å². The molecule has 1 heterocycles. The molecular formula is C23H46O4Si. The molecule has 0 aromatic rings. The van der Waals surface area contributed by atoms with E-state index < -0.39 is 14.1 Å². The molecule has 2 atom stereocenters. The number of carbonyl (C=O) groups is 1. The Labute approximate surface area is 175 Å². The van der Waals surface area contributed by atoms with Crippen LogP contribution in [-0.4, -0.2) is 38.7 Å². The molecule has 1 aliphatic rings. The second-order valence-corrected chi connectivity index (χ2v) is 15.2. The predicted octanol–water partition coefficient (Wildman–Crippen LogP) is 6.63. The Morgan fingerprint density at radius 1 is 0.964 bits per heavy atom. The van der Waals surface area contributed by atoms with Gasteiger partial charge in [-0.1, -0.05) is 66.2 Å². The van der Waals surface area contributed by atoms with Crippen molar-refractivity contribution in [3.05, 3.63) is 0 Å². The van der Waals surface area contributed by atoms with Gasteiger partial charge in [-0.3, -0.25) is 4.79 Å². The van der Waals surface area contributed by atoms with Crippen LogP contribution in [0, 0.1) is 0 Å². The highest BCUT2D eigenvalue weighted by Crippen LogP contribution is 2.38. The Balaban J connectivity index is 2.43. The van der Waals surface area contributed by atoms with Crippen LogP contribution in [0.1, 0.15) is 99.3 Å². The third-order valence-electron chi connectivity index (χ3n) is 6.19. The summed E-state index contributed by atoms with van der Waals surface area (Å²) in [7, 11) is -1.85. The molecule has 0 unspecified atom stereocenters. The Morgan fingerprint density at radius 3 is 2.07 bits per heavy atom. The first-order chi connectivity index (χ1) is 12.9. The van der Waals surface area contributed by atoms with Crippen molar-refractivity contribution < 1.29 is 18.7 Å². The van der Waals surface area contributed by atoms with Gasteiger partial charge in [0.25, 0.3) is 0 Å². The third-order valence-corrected chi connectivity index (χ3v) is 10.7. The summed E-state index contributed by atoms with van der Waals surface area (Å²) < 4.78 is 18.5. The van der Waals surface area contributed by atoms with E-state index in [9.17, 15) is 4.79 Å². The summed E-state index contributed by atoms with van der Waals surface area (Å²) in [6.07, 6.45) is 9.34. The zero-order chi connectivity index (χ0) is 21.4. The Kier molecular flexibility index (Phi) is 10.4. The van der Waals surface area contributed by atoms with Gasteiger partial charge in [0.2, 0.25) is 0 Å². The Morgan fingerprint density at radius 2 is 1.50 bits per heavy atom. The summed E-state index contributed by atoms with van der Waals surface area (Å²) in [6, 6.07) is 0. The average molecular weight is 415 g/mol. The molecule has 0 aromatic carbocycles. The van der Waals surface area contributed by atoms with Gasteiger partial charge in [-0.2, -0.15) is 0 Å². The van der Waals surface area contributed by atoms with Gasteiger partial charge in [-0.05, 0) is 38.4 Å². The van der Waals surface area contributed by atoms with E-state index in [1.807, 2.05) is 13.8 Å². The van der Waals surface area contributed by atoms with E-state index in [2.05, 4.69) is 40.8 Å². The monoisotopic (exact) mass is 414 g/mol. The van der Waals surface area contributed by atoms with Gasteiger partial charge in [0.15, 0.2) is 14.1 Å². The number of unbranched alkanes of at least 4 members (excludes halogenated alkanes) is 6. The van der Waals surface area contributed by atoms with Gasteiger partial charge >= 0.3 is 0 Å². The molecule has 1 rings (SSSR count). The highest BCUT2D eigenvalue weighted by molar-refractivity contribution is 6.74. The SMILES string of the molecule is CCCCCCCCCC(=O)C[C@@H]1OC(C)(C)O[C@H]1CO[Si](C)(C)C(C)(C)C. The largest absolute Gasteiger partial charge is 0.414 e. The molecule has 0 aromatic heterocycles. The second-order valence-electron chi connectivity index (χ2n) is 10.4. The Hall–Kier alpha value is -0.233. The molecule has 0 aliphatic carbocycles. The maximum absolute atomic E-state index is 12.5. The number of hydrogen-bond donors (Lipinski definition) is 0. The van der Waals surface area contributed by atoms with Crippen LogP contribution in [-0.2, 0) is 18.7 Å².